The largest absolute Gasteiger partial charge is 0.493 e. The Kier molecular flexibility index (Phi) is 6.94. The molecule has 9 heteroatoms. The summed E-state index contributed by atoms with van der Waals surface area (Å²) in [7, 11) is 4.76. The second-order valence-corrected chi connectivity index (χ2v) is 8.05. The van der Waals surface area contributed by atoms with E-state index in [1.807, 2.05) is 24.3 Å². The molecule has 158 valence electrons. The number of likely N-dealkylation sites (N-methyl/N-ethyl adjacent to an activating group) is 1. The number of thiocarbonyl (C=S) groups is 1. The summed E-state index contributed by atoms with van der Waals surface area (Å²) in [4.78, 5) is 28.5. The van der Waals surface area contributed by atoms with Gasteiger partial charge in [-0.05, 0) is 54.2 Å². The fourth-order valence-corrected chi connectivity index (χ4v) is 3.80. The van der Waals surface area contributed by atoms with Gasteiger partial charge in [0.05, 0.1) is 20.6 Å². The second kappa shape index (κ2) is 9.44. The monoisotopic (exact) mass is 491 g/mol. The smallest absolute Gasteiger partial charge is 0.251 e. The number of rotatable bonds is 7. The van der Waals surface area contributed by atoms with Gasteiger partial charge < -0.3 is 19.7 Å². The van der Waals surface area contributed by atoms with Crippen LogP contribution in [0.1, 0.15) is 12.0 Å². The summed E-state index contributed by atoms with van der Waals surface area (Å²) >= 11 is 8.82. The number of hydrogen-bond acceptors (Lipinski definition) is 5. The molecule has 0 bridgehead atoms. The lowest BCUT2D eigenvalue weighted by Gasteiger charge is -2.24. The molecule has 30 heavy (non-hydrogen) atoms. The van der Waals surface area contributed by atoms with Crippen molar-refractivity contribution >= 4 is 50.8 Å². The van der Waals surface area contributed by atoms with Crippen LogP contribution in [-0.2, 0) is 16.1 Å². The third-order valence-corrected chi connectivity index (χ3v) is 5.87. The molecular weight excluding hydrogens is 470 g/mol. The number of carbonyl (C=O) groups is 2. The SMILES string of the molecule is COc1ccc(CN2C(=S)N(C)C(=O)C2CC(=O)Nc2ccc(Br)cc2)cc1OC. The third kappa shape index (κ3) is 4.73. The number of benzene rings is 2. The third-order valence-electron chi connectivity index (χ3n) is 4.83. The van der Waals surface area contributed by atoms with Crippen LogP contribution < -0.4 is 14.8 Å². The van der Waals surface area contributed by atoms with E-state index in [-0.39, 0.29) is 18.2 Å². The molecule has 0 saturated carbocycles. The van der Waals surface area contributed by atoms with E-state index in [9.17, 15) is 9.59 Å². The van der Waals surface area contributed by atoms with E-state index < -0.39 is 6.04 Å². The molecule has 2 amide bonds. The highest BCUT2D eigenvalue weighted by Crippen LogP contribution is 2.30. The zero-order chi connectivity index (χ0) is 21.8. The van der Waals surface area contributed by atoms with Crippen LogP contribution in [0, 0.1) is 0 Å². The zero-order valence-corrected chi connectivity index (χ0v) is 19.2. The molecule has 1 heterocycles. The normalized spacial score (nSPS) is 16.1. The van der Waals surface area contributed by atoms with E-state index >= 15 is 0 Å². The van der Waals surface area contributed by atoms with Crippen molar-refractivity contribution in [2.45, 2.75) is 19.0 Å². The first-order valence-electron chi connectivity index (χ1n) is 9.18. The highest BCUT2D eigenvalue weighted by molar-refractivity contribution is 9.10. The van der Waals surface area contributed by atoms with Crippen LogP contribution in [0.15, 0.2) is 46.9 Å². The van der Waals surface area contributed by atoms with Gasteiger partial charge in [-0.2, -0.15) is 0 Å². The standard InChI is InChI=1S/C21H22BrN3O4S/c1-24-20(27)16(11-19(26)23-15-7-5-14(22)6-8-15)25(21(24)30)12-13-4-9-17(28-2)18(10-13)29-3/h4-10,16H,11-12H2,1-3H3,(H,23,26). The van der Waals surface area contributed by atoms with E-state index in [0.717, 1.165) is 10.0 Å². The minimum Gasteiger partial charge on any atom is -0.493 e. The summed E-state index contributed by atoms with van der Waals surface area (Å²) < 4.78 is 11.5. The minimum atomic E-state index is -0.675. The molecule has 2 aromatic carbocycles. The van der Waals surface area contributed by atoms with Gasteiger partial charge in [-0.3, -0.25) is 14.5 Å². The van der Waals surface area contributed by atoms with E-state index in [2.05, 4.69) is 21.2 Å². The second-order valence-electron chi connectivity index (χ2n) is 6.77. The maximum atomic E-state index is 12.7. The van der Waals surface area contributed by atoms with Gasteiger partial charge in [-0.1, -0.05) is 22.0 Å². The van der Waals surface area contributed by atoms with E-state index in [4.69, 9.17) is 21.7 Å². The van der Waals surface area contributed by atoms with Crippen molar-refractivity contribution in [1.29, 1.82) is 0 Å². The van der Waals surface area contributed by atoms with E-state index in [1.54, 1.807) is 44.4 Å². The molecule has 1 saturated heterocycles. The fourth-order valence-electron chi connectivity index (χ4n) is 3.25. The Bertz CT molecular complexity index is 967. The number of hydrogen-bond donors (Lipinski definition) is 1. The van der Waals surface area contributed by atoms with Crippen molar-refractivity contribution in [3.63, 3.8) is 0 Å². The lowest BCUT2D eigenvalue weighted by Crippen LogP contribution is -2.37. The Balaban J connectivity index is 1.76. The number of methoxy groups -OCH3 is 2. The van der Waals surface area contributed by atoms with Crippen molar-refractivity contribution in [2.75, 3.05) is 26.6 Å². The molecule has 1 aliphatic heterocycles. The van der Waals surface area contributed by atoms with E-state index in [0.29, 0.717) is 28.8 Å². The van der Waals surface area contributed by atoms with Gasteiger partial charge in [0.15, 0.2) is 16.6 Å². The van der Waals surface area contributed by atoms with Gasteiger partial charge in [0.2, 0.25) is 5.91 Å². The Hall–Kier alpha value is -2.65. The van der Waals surface area contributed by atoms with Crippen molar-refractivity contribution < 1.29 is 19.1 Å². The number of nitrogens with one attached hydrogen (secondary N) is 1. The molecule has 1 N–H and O–H groups in total. The summed E-state index contributed by atoms with van der Waals surface area (Å²) in [6.45, 7) is 0.367. The molecule has 0 aromatic heterocycles. The van der Waals surface area contributed by atoms with Crippen LogP contribution in [0.2, 0.25) is 0 Å². The van der Waals surface area contributed by atoms with Crippen molar-refractivity contribution in [1.82, 2.24) is 9.80 Å². The summed E-state index contributed by atoms with van der Waals surface area (Å²) in [5, 5.41) is 3.21. The molecule has 7 nitrogen and oxygen atoms in total. The van der Waals surface area contributed by atoms with Gasteiger partial charge in [-0.25, -0.2) is 0 Å². The molecule has 3 rings (SSSR count). The average Bonchev–Trinajstić information content (AvgIpc) is 2.93. The van der Waals surface area contributed by atoms with Gasteiger partial charge in [0.25, 0.3) is 5.91 Å². The molecule has 0 aliphatic carbocycles. The molecule has 1 aliphatic rings. The first-order valence-corrected chi connectivity index (χ1v) is 10.4. The van der Waals surface area contributed by atoms with Gasteiger partial charge in [0, 0.05) is 23.8 Å². The fraction of sp³-hybridized carbons (Fsp3) is 0.286. The minimum absolute atomic E-state index is 0.00727. The predicted molar refractivity (Wildman–Crippen MR) is 122 cm³/mol. The molecule has 0 radical (unpaired) electrons. The maximum absolute atomic E-state index is 12.7. The van der Waals surface area contributed by atoms with Crippen LogP contribution in [0.5, 0.6) is 11.5 Å². The molecule has 1 fully saturated rings. The summed E-state index contributed by atoms with van der Waals surface area (Å²) in [6, 6.07) is 12.1. The summed E-state index contributed by atoms with van der Waals surface area (Å²) in [5.41, 5.74) is 1.55. The van der Waals surface area contributed by atoms with Gasteiger partial charge >= 0.3 is 0 Å². The van der Waals surface area contributed by atoms with Crippen LogP contribution in [-0.4, -0.2) is 54.0 Å². The lowest BCUT2D eigenvalue weighted by molar-refractivity contribution is -0.130. The van der Waals surface area contributed by atoms with E-state index in [1.165, 1.54) is 4.90 Å². The number of amides is 2. The Labute approximate surface area is 189 Å². The Morgan fingerprint density at radius 2 is 1.80 bits per heavy atom. The van der Waals surface area contributed by atoms with Gasteiger partial charge in [0.1, 0.15) is 6.04 Å². The van der Waals surface area contributed by atoms with Crippen LogP contribution in [0.25, 0.3) is 0 Å². The molecule has 2 aromatic rings. The van der Waals surface area contributed by atoms with Gasteiger partial charge in [-0.15, -0.1) is 0 Å². The molecule has 1 atom stereocenters. The van der Waals surface area contributed by atoms with Crippen molar-refractivity contribution in [2.24, 2.45) is 0 Å². The zero-order valence-electron chi connectivity index (χ0n) is 16.8. The topological polar surface area (TPSA) is 71.1 Å². The number of nitrogens with zero attached hydrogens (tertiary/aromatic N) is 2. The van der Waals surface area contributed by atoms with Crippen molar-refractivity contribution in [3.8, 4) is 11.5 Å². The number of halogens is 1. The van der Waals surface area contributed by atoms with Crippen LogP contribution in [0.4, 0.5) is 5.69 Å². The predicted octanol–water partition coefficient (Wildman–Crippen LogP) is 3.42. The lowest BCUT2D eigenvalue weighted by atomic mass is 10.1. The highest BCUT2D eigenvalue weighted by Gasteiger charge is 2.41. The molecule has 1 unspecified atom stereocenters. The van der Waals surface area contributed by atoms with Crippen LogP contribution in [0.3, 0.4) is 0 Å². The summed E-state index contributed by atoms with van der Waals surface area (Å²) in [5.74, 6) is 0.741. The molecular formula is C21H22BrN3O4S. The maximum Gasteiger partial charge on any atom is 0.251 e. The number of carbonyl (C=O) groups excluding carboxylic acids is 2. The highest BCUT2D eigenvalue weighted by atomic mass is 79.9. The quantitative estimate of drug-likeness (QED) is 0.598. The van der Waals surface area contributed by atoms with Crippen LogP contribution >= 0.6 is 28.1 Å². The number of ether oxygens (including phenoxy) is 2. The average molecular weight is 492 g/mol. The Morgan fingerprint density at radius 1 is 1.13 bits per heavy atom. The van der Waals surface area contributed by atoms with Crippen molar-refractivity contribution in [3.05, 3.63) is 52.5 Å². The molecule has 0 spiro atoms. The summed E-state index contributed by atoms with van der Waals surface area (Å²) in [6.07, 6.45) is -0.00727. The number of anilines is 1. The first-order chi connectivity index (χ1) is 14.3. The first kappa shape index (κ1) is 22.0. The Morgan fingerprint density at radius 3 is 2.43 bits per heavy atom.